The number of rotatable bonds is 5. The SMILES string of the molecule is CC(C)c1ccccc1NC(=O)COC(=O)c1ccc2ccccc2c1. The lowest BCUT2D eigenvalue weighted by molar-refractivity contribution is -0.119. The molecule has 0 radical (unpaired) electrons. The number of carbonyl (C=O) groups excluding carboxylic acids is 2. The van der Waals surface area contributed by atoms with Gasteiger partial charge in [0.15, 0.2) is 6.61 Å². The van der Waals surface area contributed by atoms with E-state index in [2.05, 4.69) is 19.2 Å². The summed E-state index contributed by atoms with van der Waals surface area (Å²) in [7, 11) is 0. The number of hydrogen-bond acceptors (Lipinski definition) is 3. The lowest BCUT2D eigenvalue weighted by Crippen LogP contribution is -2.21. The van der Waals surface area contributed by atoms with E-state index in [1.54, 1.807) is 12.1 Å². The van der Waals surface area contributed by atoms with Crippen molar-refractivity contribution in [3.05, 3.63) is 77.9 Å². The summed E-state index contributed by atoms with van der Waals surface area (Å²) >= 11 is 0. The van der Waals surface area contributed by atoms with Crippen LogP contribution in [0.2, 0.25) is 0 Å². The third kappa shape index (κ3) is 4.09. The number of esters is 1. The van der Waals surface area contributed by atoms with E-state index in [1.807, 2.05) is 54.6 Å². The van der Waals surface area contributed by atoms with Crippen molar-refractivity contribution in [2.24, 2.45) is 0 Å². The number of carbonyl (C=O) groups is 2. The molecule has 0 aromatic heterocycles. The van der Waals surface area contributed by atoms with Crippen LogP contribution >= 0.6 is 0 Å². The Balaban J connectivity index is 1.63. The predicted octanol–water partition coefficient (Wildman–Crippen LogP) is 4.76. The number of ether oxygens (including phenoxy) is 1. The van der Waals surface area contributed by atoms with E-state index in [0.29, 0.717) is 5.56 Å². The molecule has 0 aliphatic rings. The van der Waals surface area contributed by atoms with Gasteiger partial charge in [-0.2, -0.15) is 0 Å². The van der Waals surface area contributed by atoms with Crippen LogP contribution in [0.5, 0.6) is 0 Å². The van der Waals surface area contributed by atoms with Crippen LogP contribution in [0.15, 0.2) is 66.7 Å². The fourth-order valence-corrected chi connectivity index (χ4v) is 2.83. The zero-order valence-corrected chi connectivity index (χ0v) is 14.9. The van der Waals surface area contributed by atoms with E-state index >= 15 is 0 Å². The van der Waals surface area contributed by atoms with Crippen molar-refractivity contribution in [1.29, 1.82) is 0 Å². The quantitative estimate of drug-likeness (QED) is 0.677. The van der Waals surface area contributed by atoms with Gasteiger partial charge in [0.2, 0.25) is 0 Å². The van der Waals surface area contributed by atoms with E-state index in [9.17, 15) is 9.59 Å². The molecular weight excluding hydrogens is 326 g/mol. The van der Waals surface area contributed by atoms with Crippen LogP contribution in [0, 0.1) is 0 Å². The summed E-state index contributed by atoms with van der Waals surface area (Å²) in [4.78, 5) is 24.4. The fraction of sp³-hybridized carbons (Fsp3) is 0.182. The molecule has 132 valence electrons. The number of para-hydroxylation sites is 1. The number of hydrogen-bond donors (Lipinski definition) is 1. The molecule has 0 atom stereocenters. The zero-order chi connectivity index (χ0) is 18.5. The van der Waals surface area contributed by atoms with Gasteiger partial charge in [-0.15, -0.1) is 0 Å². The van der Waals surface area contributed by atoms with Crippen LogP contribution < -0.4 is 5.32 Å². The minimum atomic E-state index is -0.511. The number of anilines is 1. The van der Waals surface area contributed by atoms with Gasteiger partial charge in [0.05, 0.1) is 5.56 Å². The summed E-state index contributed by atoms with van der Waals surface area (Å²) in [5, 5.41) is 4.82. The molecule has 0 unspecified atom stereocenters. The molecular formula is C22H21NO3. The van der Waals surface area contributed by atoms with Crippen LogP contribution in [0.25, 0.3) is 10.8 Å². The summed E-state index contributed by atoms with van der Waals surface area (Å²) in [5.74, 6) is -0.582. The Labute approximate surface area is 152 Å². The Morgan fingerprint density at radius 3 is 2.38 bits per heavy atom. The van der Waals surface area contributed by atoms with Crippen molar-refractivity contribution in [1.82, 2.24) is 0 Å². The van der Waals surface area contributed by atoms with Gasteiger partial charge < -0.3 is 10.1 Å². The highest BCUT2D eigenvalue weighted by molar-refractivity contribution is 5.98. The molecule has 0 aliphatic carbocycles. The third-order valence-corrected chi connectivity index (χ3v) is 4.18. The molecule has 0 spiro atoms. The molecule has 0 aliphatic heterocycles. The molecule has 26 heavy (non-hydrogen) atoms. The minimum Gasteiger partial charge on any atom is -0.452 e. The van der Waals surface area contributed by atoms with Crippen LogP contribution in [0.3, 0.4) is 0 Å². The molecule has 4 heteroatoms. The Bertz CT molecular complexity index is 947. The van der Waals surface area contributed by atoms with Gasteiger partial charge in [0.25, 0.3) is 5.91 Å². The number of fused-ring (bicyclic) bond motifs is 1. The molecule has 3 aromatic rings. The average molecular weight is 347 g/mol. The first-order valence-corrected chi connectivity index (χ1v) is 8.59. The first-order valence-electron chi connectivity index (χ1n) is 8.59. The molecule has 0 saturated heterocycles. The van der Waals surface area contributed by atoms with Crippen molar-refractivity contribution >= 4 is 28.3 Å². The van der Waals surface area contributed by atoms with Gasteiger partial charge in [-0.25, -0.2) is 4.79 Å². The summed E-state index contributed by atoms with van der Waals surface area (Å²) in [6, 6.07) is 20.7. The summed E-state index contributed by atoms with van der Waals surface area (Å²) in [6.07, 6.45) is 0. The Hall–Kier alpha value is -3.14. The highest BCUT2D eigenvalue weighted by atomic mass is 16.5. The first-order chi connectivity index (χ1) is 12.5. The highest BCUT2D eigenvalue weighted by Crippen LogP contribution is 2.23. The topological polar surface area (TPSA) is 55.4 Å². The zero-order valence-electron chi connectivity index (χ0n) is 14.9. The van der Waals surface area contributed by atoms with E-state index < -0.39 is 5.97 Å². The molecule has 0 fully saturated rings. The number of amides is 1. The smallest absolute Gasteiger partial charge is 0.338 e. The van der Waals surface area contributed by atoms with E-state index in [-0.39, 0.29) is 18.4 Å². The van der Waals surface area contributed by atoms with E-state index in [1.165, 1.54) is 0 Å². The average Bonchev–Trinajstić information content (AvgIpc) is 2.66. The van der Waals surface area contributed by atoms with Crippen molar-refractivity contribution < 1.29 is 14.3 Å². The van der Waals surface area contributed by atoms with Gasteiger partial charge in [-0.1, -0.05) is 62.4 Å². The molecule has 3 aromatic carbocycles. The fourth-order valence-electron chi connectivity index (χ4n) is 2.83. The van der Waals surface area contributed by atoms with Crippen molar-refractivity contribution in [3.63, 3.8) is 0 Å². The summed E-state index contributed by atoms with van der Waals surface area (Å²) < 4.78 is 5.16. The van der Waals surface area contributed by atoms with Crippen molar-refractivity contribution in [3.8, 4) is 0 Å². The minimum absolute atomic E-state index is 0.284. The standard InChI is InChI=1S/C22H21NO3/c1-15(2)19-9-5-6-10-20(19)23-21(24)14-26-22(25)18-12-11-16-7-3-4-8-17(16)13-18/h3-13,15H,14H2,1-2H3,(H,23,24). The van der Waals surface area contributed by atoms with Gasteiger partial charge >= 0.3 is 5.97 Å². The molecule has 3 rings (SSSR count). The lowest BCUT2D eigenvalue weighted by atomic mass is 10.0. The Morgan fingerprint density at radius 1 is 0.923 bits per heavy atom. The monoisotopic (exact) mass is 347 g/mol. The lowest BCUT2D eigenvalue weighted by Gasteiger charge is -2.13. The molecule has 4 nitrogen and oxygen atoms in total. The van der Waals surface area contributed by atoms with Gasteiger partial charge in [0, 0.05) is 5.69 Å². The van der Waals surface area contributed by atoms with E-state index in [0.717, 1.165) is 22.0 Å². The van der Waals surface area contributed by atoms with Crippen LogP contribution in [-0.2, 0) is 9.53 Å². The second-order valence-corrected chi connectivity index (χ2v) is 6.43. The van der Waals surface area contributed by atoms with Gasteiger partial charge in [0.1, 0.15) is 0 Å². The van der Waals surface area contributed by atoms with Crippen LogP contribution in [0.1, 0.15) is 35.7 Å². The molecule has 0 heterocycles. The van der Waals surface area contributed by atoms with Crippen molar-refractivity contribution in [2.75, 3.05) is 11.9 Å². The Kier molecular flexibility index (Phi) is 5.32. The largest absolute Gasteiger partial charge is 0.452 e. The molecule has 0 bridgehead atoms. The molecule has 0 saturated carbocycles. The maximum atomic E-state index is 12.2. The number of nitrogens with one attached hydrogen (secondary N) is 1. The summed E-state index contributed by atoms with van der Waals surface area (Å²) in [5.41, 5.74) is 2.22. The maximum Gasteiger partial charge on any atom is 0.338 e. The van der Waals surface area contributed by atoms with E-state index in [4.69, 9.17) is 4.74 Å². The number of benzene rings is 3. The van der Waals surface area contributed by atoms with Crippen LogP contribution in [-0.4, -0.2) is 18.5 Å². The van der Waals surface area contributed by atoms with Gasteiger partial charge in [-0.3, -0.25) is 4.79 Å². The molecule has 1 amide bonds. The summed E-state index contributed by atoms with van der Waals surface area (Å²) in [6.45, 7) is 3.80. The Morgan fingerprint density at radius 2 is 1.62 bits per heavy atom. The van der Waals surface area contributed by atoms with Crippen molar-refractivity contribution in [2.45, 2.75) is 19.8 Å². The highest BCUT2D eigenvalue weighted by Gasteiger charge is 2.13. The third-order valence-electron chi connectivity index (χ3n) is 4.18. The maximum absolute atomic E-state index is 12.2. The normalized spacial score (nSPS) is 10.7. The second-order valence-electron chi connectivity index (χ2n) is 6.43. The second kappa shape index (κ2) is 7.83. The van der Waals surface area contributed by atoms with Crippen LogP contribution in [0.4, 0.5) is 5.69 Å². The predicted molar refractivity (Wildman–Crippen MR) is 103 cm³/mol. The first kappa shape index (κ1) is 17.7. The van der Waals surface area contributed by atoms with Gasteiger partial charge in [-0.05, 0) is 40.5 Å². The molecule has 1 N–H and O–H groups in total.